The summed E-state index contributed by atoms with van der Waals surface area (Å²) in [7, 11) is -2.89. The van der Waals surface area contributed by atoms with Crippen LogP contribution in [-0.4, -0.2) is 15.4 Å². The number of hydrogen-bond donors (Lipinski definition) is 1. The largest absolute Gasteiger partial charge is 0.289 e. The van der Waals surface area contributed by atoms with Gasteiger partial charge < -0.3 is 0 Å². The summed E-state index contributed by atoms with van der Waals surface area (Å²) in [5, 5.41) is -0.383. The molecule has 1 aromatic heterocycles. The summed E-state index contributed by atoms with van der Waals surface area (Å²) in [6.07, 6.45) is -0.400. The first-order valence-electron chi connectivity index (χ1n) is 2.89. The van der Waals surface area contributed by atoms with Crippen LogP contribution in [0.5, 0.6) is 0 Å². The topological polar surface area (TPSA) is 53.8 Å². The summed E-state index contributed by atoms with van der Waals surface area (Å²) in [5.41, 5.74) is 0. The molecule has 1 N–H and O–H groups in total. The number of rotatable bonds is 2. The maximum Gasteiger partial charge on any atom is 0.289 e. The second-order valence-electron chi connectivity index (χ2n) is 2.16. The molecule has 0 aliphatic rings. The van der Waals surface area contributed by atoms with Crippen molar-refractivity contribution in [2.75, 3.05) is 6.26 Å². The Morgan fingerprint density at radius 3 is 2.58 bits per heavy atom. The van der Waals surface area contributed by atoms with E-state index in [4.69, 9.17) is 4.78 Å². The van der Waals surface area contributed by atoms with Crippen LogP contribution < -0.4 is 0 Å². The molecule has 0 saturated carbocycles. The summed E-state index contributed by atoms with van der Waals surface area (Å²) in [5.74, 6) is 0. The van der Waals surface area contributed by atoms with E-state index >= 15 is 0 Å². The molecule has 0 aliphatic carbocycles. The summed E-state index contributed by atoms with van der Waals surface area (Å²) in [6.45, 7) is 0. The lowest BCUT2D eigenvalue weighted by Gasteiger charge is -1.91. The highest BCUT2D eigenvalue weighted by Gasteiger charge is 2.15. The number of alkyl halides is 2. The molecule has 1 rings (SSSR count). The minimum atomic E-state index is -2.89. The van der Waals surface area contributed by atoms with Crippen LogP contribution in [-0.2, 0) is 9.73 Å². The van der Waals surface area contributed by atoms with E-state index < -0.39 is 16.2 Å². The quantitative estimate of drug-likeness (QED) is 0.816. The molecule has 0 saturated heterocycles. The number of nitrogens with zero attached hydrogens (tertiary/aromatic N) is 1. The summed E-state index contributed by atoms with van der Waals surface area (Å²) in [6, 6.07) is 0. The third kappa shape index (κ3) is 1.98. The Bertz CT molecular complexity index is 371. The fourth-order valence-corrected chi connectivity index (χ4v) is 2.21. The average Bonchev–Trinajstić information content (AvgIpc) is 2.30. The van der Waals surface area contributed by atoms with Crippen LogP contribution in [0.4, 0.5) is 8.78 Å². The smallest absolute Gasteiger partial charge is 0.248 e. The van der Waals surface area contributed by atoms with Gasteiger partial charge in [-0.15, -0.1) is 11.3 Å². The van der Waals surface area contributed by atoms with Crippen LogP contribution >= 0.6 is 11.3 Å². The average molecular weight is 212 g/mol. The van der Waals surface area contributed by atoms with Gasteiger partial charge in [-0.3, -0.25) is 0 Å². The lowest BCUT2D eigenvalue weighted by molar-refractivity contribution is 0.151. The molecular weight excluding hydrogens is 206 g/mol. The lowest BCUT2D eigenvalue weighted by Crippen LogP contribution is -1.89. The highest BCUT2D eigenvalue weighted by Crippen LogP contribution is 2.26. The van der Waals surface area contributed by atoms with Crippen molar-refractivity contribution in [3.63, 3.8) is 0 Å². The Morgan fingerprint density at radius 2 is 2.33 bits per heavy atom. The molecule has 1 atom stereocenters. The summed E-state index contributed by atoms with van der Waals surface area (Å²) in [4.78, 5) is 3.35. The van der Waals surface area contributed by atoms with Gasteiger partial charge in [-0.25, -0.2) is 22.8 Å². The molecule has 1 aromatic rings. The summed E-state index contributed by atoms with van der Waals surface area (Å²) >= 11 is 0.624. The van der Waals surface area contributed by atoms with Gasteiger partial charge >= 0.3 is 0 Å². The van der Waals surface area contributed by atoms with Gasteiger partial charge in [0.2, 0.25) is 0 Å². The Balaban J connectivity index is 3.09. The molecule has 1 heterocycles. The first-order chi connectivity index (χ1) is 5.41. The first-order valence-corrected chi connectivity index (χ1v) is 5.67. The van der Waals surface area contributed by atoms with Crippen LogP contribution in [0.25, 0.3) is 0 Å². The molecule has 0 radical (unpaired) electrons. The Kier molecular flexibility index (Phi) is 2.43. The second kappa shape index (κ2) is 3.06. The van der Waals surface area contributed by atoms with Crippen molar-refractivity contribution in [2.45, 2.75) is 10.6 Å². The standard InChI is InChI=1S/C5H6F2N2OS2/c1-12(8,10)3-2-9-5(11-3)4(6)7/h2,4,8H,1H3. The van der Waals surface area contributed by atoms with Crippen LogP contribution in [0.15, 0.2) is 10.4 Å². The highest BCUT2D eigenvalue weighted by atomic mass is 32.2. The first kappa shape index (κ1) is 9.53. The van der Waals surface area contributed by atoms with E-state index in [1.807, 2.05) is 0 Å². The minimum Gasteiger partial charge on any atom is -0.248 e. The van der Waals surface area contributed by atoms with E-state index in [1.165, 1.54) is 6.26 Å². The molecule has 68 valence electrons. The van der Waals surface area contributed by atoms with Crippen molar-refractivity contribution < 1.29 is 13.0 Å². The van der Waals surface area contributed by atoms with Gasteiger partial charge in [0.05, 0.1) is 15.9 Å². The molecule has 7 heteroatoms. The fourth-order valence-electron chi connectivity index (χ4n) is 0.553. The monoisotopic (exact) mass is 212 g/mol. The third-order valence-corrected chi connectivity index (χ3v) is 3.95. The van der Waals surface area contributed by atoms with E-state index in [1.54, 1.807) is 0 Å². The van der Waals surface area contributed by atoms with Crippen molar-refractivity contribution in [3.8, 4) is 0 Å². The molecule has 0 spiro atoms. The summed E-state index contributed by atoms with van der Waals surface area (Å²) < 4.78 is 42.1. The Hall–Kier alpha value is -0.560. The molecule has 0 aromatic carbocycles. The molecule has 0 amide bonds. The van der Waals surface area contributed by atoms with Crippen LogP contribution in [0.1, 0.15) is 11.4 Å². The number of nitrogens with one attached hydrogen (secondary N) is 1. The molecule has 3 nitrogen and oxygen atoms in total. The fraction of sp³-hybridized carbons (Fsp3) is 0.400. The molecule has 1 unspecified atom stereocenters. The van der Waals surface area contributed by atoms with E-state index in [9.17, 15) is 13.0 Å². The van der Waals surface area contributed by atoms with E-state index in [0.717, 1.165) is 6.20 Å². The molecule has 0 fully saturated rings. The third-order valence-electron chi connectivity index (χ3n) is 1.07. The zero-order valence-electron chi connectivity index (χ0n) is 6.08. The van der Waals surface area contributed by atoms with Crippen LogP contribution in [0.3, 0.4) is 0 Å². The maximum absolute atomic E-state index is 12.0. The SMILES string of the molecule is CS(=N)(=O)c1cnc(C(F)F)s1. The van der Waals surface area contributed by atoms with E-state index in [2.05, 4.69) is 4.98 Å². The number of hydrogen-bond acceptors (Lipinski definition) is 4. The lowest BCUT2D eigenvalue weighted by atomic mass is 10.7. The normalized spacial score (nSPS) is 16.3. The van der Waals surface area contributed by atoms with Gasteiger partial charge in [-0.2, -0.15) is 0 Å². The Morgan fingerprint density at radius 1 is 1.75 bits per heavy atom. The molecule has 0 bridgehead atoms. The van der Waals surface area contributed by atoms with E-state index in [-0.39, 0.29) is 9.22 Å². The predicted octanol–water partition coefficient (Wildman–Crippen LogP) is 2.12. The predicted molar refractivity (Wildman–Crippen MR) is 42.1 cm³/mol. The second-order valence-corrected chi connectivity index (χ2v) is 5.61. The van der Waals surface area contributed by atoms with Crippen molar-refractivity contribution in [1.82, 2.24) is 4.98 Å². The van der Waals surface area contributed by atoms with Gasteiger partial charge in [0, 0.05) is 6.26 Å². The van der Waals surface area contributed by atoms with Crippen molar-refractivity contribution in [3.05, 3.63) is 11.2 Å². The van der Waals surface area contributed by atoms with Gasteiger partial charge in [0.25, 0.3) is 6.43 Å². The molecular formula is C5H6F2N2OS2. The zero-order valence-corrected chi connectivity index (χ0v) is 7.72. The molecule has 12 heavy (non-hydrogen) atoms. The van der Waals surface area contributed by atoms with Crippen molar-refractivity contribution in [1.29, 1.82) is 4.78 Å². The van der Waals surface area contributed by atoms with Gasteiger partial charge in [0.1, 0.15) is 4.21 Å². The van der Waals surface area contributed by atoms with Gasteiger partial charge in [-0.1, -0.05) is 0 Å². The van der Waals surface area contributed by atoms with Crippen molar-refractivity contribution >= 4 is 21.1 Å². The van der Waals surface area contributed by atoms with E-state index in [0.29, 0.717) is 11.3 Å². The van der Waals surface area contributed by atoms with Gasteiger partial charge in [0.15, 0.2) is 5.01 Å². The number of halogens is 2. The number of thiazole rings is 1. The minimum absolute atomic E-state index is 0.0952. The van der Waals surface area contributed by atoms with Crippen LogP contribution in [0.2, 0.25) is 0 Å². The van der Waals surface area contributed by atoms with Crippen LogP contribution in [0, 0.1) is 4.78 Å². The number of aromatic nitrogens is 1. The zero-order chi connectivity index (χ0) is 9.35. The highest BCUT2D eigenvalue weighted by molar-refractivity contribution is 7.93. The maximum atomic E-state index is 12.0. The van der Waals surface area contributed by atoms with Gasteiger partial charge in [-0.05, 0) is 0 Å². The molecule has 0 aliphatic heterocycles. The van der Waals surface area contributed by atoms with Crippen molar-refractivity contribution in [2.24, 2.45) is 0 Å². The Labute approximate surface area is 72.4 Å².